The van der Waals surface area contributed by atoms with E-state index in [-0.39, 0.29) is 24.6 Å². The number of nitrogens with zero attached hydrogens (tertiary/aromatic N) is 3. The predicted molar refractivity (Wildman–Crippen MR) is 129 cm³/mol. The lowest BCUT2D eigenvalue weighted by atomic mass is 9.80. The highest BCUT2D eigenvalue weighted by Gasteiger charge is 2.36. The minimum absolute atomic E-state index is 0.00110. The number of nitrogens with one attached hydrogen (secondary N) is 1. The fourth-order valence-corrected chi connectivity index (χ4v) is 4.35. The molecule has 0 aromatic carbocycles. The quantitative estimate of drug-likeness (QED) is 0.286. The monoisotopic (exact) mass is 466 g/mol. The van der Waals surface area contributed by atoms with Crippen LogP contribution in [0.15, 0.2) is 24.5 Å². The number of ether oxygens (including phenoxy) is 1. The van der Waals surface area contributed by atoms with Gasteiger partial charge in [0.1, 0.15) is 29.1 Å². The number of hydrogen-bond donors (Lipinski definition) is 1. The second-order valence-electron chi connectivity index (χ2n) is 8.80. The van der Waals surface area contributed by atoms with Crippen LogP contribution in [0.1, 0.15) is 74.5 Å². The van der Waals surface area contributed by atoms with E-state index in [1.54, 1.807) is 26.2 Å². The normalized spacial score (nSPS) is 14.4. The number of ketones is 2. The Bertz CT molecular complexity index is 1010. The van der Waals surface area contributed by atoms with Crippen LogP contribution in [0.5, 0.6) is 0 Å². The van der Waals surface area contributed by atoms with Crippen molar-refractivity contribution in [1.29, 1.82) is 0 Å². The molecule has 2 aromatic heterocycles. The Hall–Kier alpha value is -3.16. The lowest BCUT2D eigenvalue weighted by Crippen LogP contribution is -2.32. The molecule has 0 bridgehead atoms. The number of pyridine rings is 1. The Balaban J connectivity index is 1.60. The van der Waals surface area contributed by atoms with Crippen LogP contribution >= 0.6 is 0 Å². The maximum absolute atomic E-state index is 12.9. The maximum Gasteiger partial charge on any atom is 0.317 e. The van der Waals surface area contributed by atoms with Crippen molar-refractivity contribution < 1.29 is 19.1 Å². The van der Waals surface area contributed by atoms with Crippen LogP contribution in [0, 0.1) is 12.8 Å². The molecule has 0 saturated carbocycles. The molecule has 0 radical (unpaired) electrons. The molecule has 0 spiro atoms. The molecule has 8 heteroatoms. The van der Waals surface area contributed by atoms with Crippen LogP contribution in [0.4, 0.5) is 5.82 Å². The van der Waals surface area contributed by atoms with E-state index in [0.29, 0.717) is 24.2 Å². The first kappa shape index (κ1) is 25.5. The van der Waals surface area contributed by atoms with Crippen molar-refractivity contribution in [1.82, 2.24) is 15.0 Å². The van der Waals surface area contributed by atoms with Gasteiger partial charge < -0.3 is 10.1 Å². The molecule has 1 N–H and O–H groups in total. The third-order valence-corrected chi connectivity index (χ3v) is 6.15. The summed E-state index contributed by atoms with van der Waals surface area (Å²) < 4.78 is 5.14. The fourth-order valence-electron chi connectivity index (χ4n) is 4.35. The van der Waals surface area contributed by atoms with Gasteiger partial charge in [-0.1, -0.05) is 6.07 Å². The Labute approximate surface area is 200 Å². The van der Waals surface area contributed by atoms with Gasteiger partial charge in [0.2, 0.25) is 0 Å². The van der Waals surface area contributed by atoms with Crippen molar-refractivity contribution >= 4 is 23.4 Å². The van der Waals surface area contributed by atoms with E-state index in [2.05, 4.69) is 27.4 Å². The number of unbranched alkanes of at least 4 members (excludes halogenated alkanes) is 1. The Kier molecular flexibility index (Phi) is 9.24. The Morgan fingerprint density at radius 2 is 1.91 bits per heavy atom. The van der Waals surface area contributed by atoms with E-state index >= 15 is 0 Å². The first-order valence-corrected chi connectivity index (χ1v) is 12.1. The Morgan fingerprint density at radius 3 is 2.62 bits per heavy atom. The average Bonchev–Trinajstić information content (AvgIpc) is 2.82. The minimum Gasteiger partial charge on any atom is -0.465 e. The number of anilines is 1. The molecule has 1 aliphatic heterocycles. The van der Waals surface area contributed by atoms with Crippen molar-refractivity contribution in [2.24, 2.45) is 5.92 Å². The van der Waals surface area contributed by atoms with Gasteiger partial charge in [0, 0.05) is 43.4 Å². The molecule has 2 unspecified atom stereocenters. The Morgan fingerprint density at radius 1 is 1.15 bits per heavy atom. The number of rotatable bonds is 12. The number of esters is 1. The van der Waals surface area contributed by atoms with E-state index in [4.69, 9.17) is 9.72 Å². The SMILES string of the molecule is CCOC(=O)C(C(C)=O)C(CC(=O)CCCCc1ccc2c(n1)NCCC2)c1cnc(C)nc1. The predicted octanol–water partition coefficient (Wildman–Crippen LogP) is 3.76. The minimum atomic E-state index is -1.05. The van der Waals surface area contributed by atoms with Crippen LogP contribution in [-0.2, 0) is 32.0 Å². The molecule has 34 heavy (non-hydrogen) atoms. The summed E-state index contributed by atoms with van der Waals surface area (Å²) in [4.78, 5) is 50.9. The van der Waals surface area contributed by atoms with Crippen molar-refractivity contribution in [3.8, 4) is 0 Å². The van der Waals surface area contributed by atoms with Gasteiger partial charge in [-0.15, -0.1) is 0 Å². The van der Waals surface area contributed by atoms with Gasteiger partial charge >= 0.3 is 5.97 Å². The molecule has 0 amide bonds. The van der Waals surface area contributed by atoms with Crippen molar-refractivity contribution in [3.05, 3.63) is 47.2 Å². The molecular weight excluding hydrogens is 432 g/mol. The molecule has 0 aliphatic carbocycles. The zero-order valence-corrected chi connectivity index (χ0v) is 20.3. The smallest absolute Gasteiger partial charge is 0.317 e. The lowest BCUT2D eigenvalue weighted by Gasteiger charge is -2.23. The van der Waals surface area contributed by atoms with Crippen molar-refractivity contribution in [3.63, 3.8) is 0 Å². The third kappa shape index (κ3) is 6.92. The van der Waals surface area contributed by atoms with Gasteiger partial charge in [0.25, 0.3) is 0 Å². The number of Topliss-reactive ketones (excluding diaryl/α,β-unsaturated/α-hetero) is 2. The summed E-state index contributed by atoms with van der Waals surface area (Å²) in [6.07, 6.45) is 8.16. The summed E-state index contributed by atoms with van der Waals surface area (Å²) in [5.74, 6) is -1.07. The number of hydrogen-bond acceptors (Lipinski definition) is 8. The molecular formula is C26H34N4O4. The third-order valence-electron chi connectivity index (χ3n) is 6.15. The van der Waals surface area contributed by atoms with Crippen LogP contribution < -0.4 is 5.32 Å². The highest BCUT2D eigenvalue weighted by atomic mass is 16.5. The number of aryl methyl sites for hydroxylation is 3. The largest absolute Gasteiger partial charge is 0.465 e. The van der Waals surface area contributed by atoms with E-state index in [1.165, 1.54) is 12.5 Å². The number of aromatic nitrogens is 3. The first-order valence-electron chi connectivity index (χ1n) is 12.1. The zero-order chi connectivity index (χ0) is 24.5. The van der Waals surface area contributed by atoms with Crippen molar-refractivity contribution in [2.75, 3.05) is 18.5 Å². The first-order chi connectivity index (χ1) is 16.4. The molecule has 0 fully saturated rings. The second-order valence-corrected chi connectivity index (χ2v) is 8.80. The van der Waals surface area contributed by atoms with Crippen LogP contribution in [0.25, 0.3) is 0 Å². The van der Waals surface area contributed by atoms with E-state index in [1.807, 2.05) is 0 Å². The molecule has 3 heterocycles. The average molecular weight is 467 g/mol. The highest BCUT2D eigenvalue weighted by Crippen LogP contribution is 2.31. The van der Waals surface area contributed by atoms with Crippen LogP contribution in [0.3, 0.4) is 0 Å². The van der Waals surface area contributed by atoms with Gasteiger partial charge in [-0.2, -0.15) is 0 Å². The maximum atomic E-state index is 12.9. The molecule has 2 atom stereocenters. The lowest BCUT2D eigenvalue weighted by molar-refractivity contribution is -0.152. The number of carbonyl (C=O) groups excluding carboxylic acids is 3. The topological polar surface area (TPSA) is 111 Å². The summed E-state index contributed by atoms with van der Waals surface area (Å²) in [5, 5.41) is 3.35. The van der Waals surface area contributed by atoms with Crippen molar-refractivity contribution in [2.45, 2.75) is 71.6 Å². The second kappa shape index (κ2) is 12.3. The van der Waals surface area contributed by atoms with Gasteiger partial charge in [0.15, 0.2) is 0 Å². The summed E-state index contributed by atoms with van der Waals surface area (Å²) in [6.45, 7) is 5.93. The number of fused-ring (bicyclic) bond motifs is 1. The van der Waals surface area contributed by atoms with E-state index in [9.17, 15) is 14.4 Å². The zero-order valence-electron chi connectivity index (χ0n) is 20.3. The van der Waals surface area contributed by atoms with Gasteiger partial charge in [-0.25, -0.2) is 15.0 Å². The molecule has 1 aliphatic rings. The molecule has 8 nitrogen and oxygen atoms in total. The summed E-state index contributed by atoms with van der Waals surface area (Å²) >= 11 is 0. The van der Waals surface area contributed by atoms with Gasteiger partial charge in [-0.05, 0) is 70.1 Å². The standard InChI is InChI=1S/C26H34N4O4/c1-4-34-26(33)24(17(2)31)23(20-15-28-18(3)29-16-20)14-22(32)10-6-5-9-21-12-11-19-8-7-13-27-25(19)30-21/h11-12,15-16,23-24H,4-10,13-14H2,1-3H3,(H,27,30). The molecule has 0 saturated heterocycles. The van der Waals surface area contributed by atoms with Crippen LogP contribution in [0.2, 0.25) is 0 Å². The summed E-state index contributed by atoms with van der Waals surface area (Å²) in [5.41, 5.74) is 2.88. The summed E-state index contributed by atoms with van der Waals surface area (Å²) in [6, 6.07) is 4.21. The van der Waals surface area contributed by atoms with E-state index < -0.39 is 17.8 Å². The molecule has 2 aromatic rings. The van der Waals surface area contributed by atoms with Crippen LogP contribution in [-0.4, -0.2) is 45.6 Å². The van der Waals surface area contributed by atoms with Gasteiger partial charge in [-0.3, -0.25) is 14.4 Å². The molecule has 182 valence electrons. The highest BCUT2D eigenvalue weighted by molar-refractivity contribution is 5.99. The fraction of sp³-hybridized carbons (Fsp3) is 0.538. The number of carbonyl (C=O) groups is 3. The summed E-state index contributed by atoms with van der Waals surface area (Å²) in [7, 11) is 0. The van der Waals surface area contributed by atoms with Gasteiger partial charge in [0.05, 0.1) is 6.61 Å². The van der Waals surface area contributed by atoms with E-state index in [0.717, 1.165) is 43.7 Å². The molecule has 3 rings (SSSR count).